The summed E-state index contributed by atoms with van der Waals surface area (Å²) in [4.78, 5) is 2.23. The van der Waals surface area contributed by atoms with Crippen LogP contribution in [0.15, 0.2) is 66.7 Å². The van der Waals surface area contributed by atoms with Gasteiger partial charge in [-0.2, -0.15) is 0 Å². The summed E-state index contributed by atoms with van der Waals surface area (Å²) in [5, 5.41) is 8.66. The molecule has 0 bridgehead atoms. The minimum atomic E-state index is -3.50. The minimum Gasteiger partial charge on any atom is -0.355 e. The van der Waals surface area contributed by atoms with E-state index in [9.17, 15) is 8.42 Å². The quantitative estimate of drug-likeness (QED) is 0.690. The molecule has 1 N–H and O–H groups in total. The van der Waals surface area contributed by atoms with Gasteiger partial charge in [0.25, 0.3) is 0 Å². The van der Waals surface area contributed by atoms with Gasteiger partial charge < -0.3 is 4.90 Å². The average molecular weight is 395 g/mol. The first-order valence-corrected chi connectivity index (χ1v) is 11.0. The molecule has 1 aliphatic rings. The van der Waals surface area contributed by atoms with Crippen LogP contribution in [0.1, 0.15) is 18.4 Å². The Labute approximate surface area is 165 Å². The van der Waals surface area contributed by atoms with Crippen molar-refractivity contribution in [2.24, 2.45) is 0 Å². The maximum atomic E-state index is 12.5. The highest BCUT2D eigenvalue weighted by atomic mass is 32.2. The maximum Gasteiger partial charge on any atom is 0.236 e. The number of hydrogen-bond donors (Lipinski definition) is 1. The first-order valence-electron chi connectivity index (χ1n) is 9.33. The SMILES string of the molecule is O=S(=O)(Cc1ccccc1)Nc1cccc(-c2ccc(N3CCCC3)nn2)c1. The van der Waals surface area contributed by atoms with Crippen molar-refractivity contribution < 1.29 is 8.42 Å². The normalized spacial score (nSPS) is 14.2. The molecule has 2 heterocycles. The van der Waals surface area contributed by atoms with E-state index in [1.54, 1.807) is 24.3 Å². The van der Waals surface area contributed by atoms with Gasteiger partial charge in [-0.3, -0.25) is 4.72 Å². The average Bonchev–Trinajstić information content (AvgIpc) is 3.23. The lowest BCUT2D eigenvalue weighted by Crippen LogP contribution is -2.19. The van der Waals surface area contributed by atoms with Gasteiger partial charge in [-0.15, -0.1) is 10.2 Å². The molecule has 28 heavy (non-hydrogen) atoms. The topological polar surface area (TPSA) is 75.2 Å². The van der Waals surface area contributed by atoms with Crippen molar-refractivity contribution >= 4 is 21.5 Å². The molecule has 0 atom stereocenters. The third kappa shape index (κ3) is 4.48. The van der Waals surface area contributed by atoms with Gasteiger partial charge in [0.2, 0.25) is 10.0 Å². The van der Waals surface area contributed by atoms with Crippen LogP contribution in [0.25, 0.3) is 11.3 Å². The van der Waals surface area contributed by atoms with Crippen LogP contribution in [0.2, 0.25) is 0 Å². The van der Waals surface area contributed by atoms with Crippen LogP contribution in [-0.2, 0) is 15.8 Å². The van der Waals surface area contributed by atoms with Crippen LogP contribution < -0.4 is 9.62 Å². The van der Waals surface area contributed by atoms with Crippen LogP contribution in [-0.4, -0.2) is 31.7 Å². The van der Waals surface area contributed by atoms with Crippen molar-refractivity contribution in [1.29, 1.82) is 0 Å². The van der Waals surface area contributed by atoms with Crippen molar-refractivity contribution in [3.63, 3.8) is 0 Å². The smallest absolute Gasteiger partial charge is 0.236 e. The van der Waals surface area contributed by atoms with Gasteiger partial charge in [-0.25, -0.2) is 8.42 Å². The first-order chi connectivity index (χ1) is 13.6. The second-order valence-electron chi connectivity index (χ2n) is 6.90. The lowest BCUT2D eigenvalue weighted by Gasteiger charge is -2.15. The van der Waals surface area contributed by atoms with Crippen molar-refractivity contribution in [3.8, 4) is 11.3 Å². The summed E-state index contributed by atoms with van der Waals surface area (Å²) in [5.41, 5.74) is 2.79. The molecule has 0 amide bonds. The van der Waals surface area contributed by atoms with Crippen molar-refractivity contribution in [3.05, 3.63) is 72.3 Å². The van der Waals surface area contributed by atoms with Crippen molar-refractivity contribution in [1.82, 2.24) is 10.2 Å². The first kappa shape index (κ1) is 18.4. The van der Waals surface area contributed by atoms with E-state index in [1.165, 1.54) is 12.8 Å². The Bertz CT molecular complexity index is 1030. The van der Waals surface area contributed by atoms with E-state index < -0.39 is 10.0 Å². The van der Waals surface area contributed by atoms with Gasteiger partial charge in [0.05, 0.1) is 11.4 Å². The molecular formula is C21H22N4O2S. The van der Waals surface area contributed by atoms with Gasteiger partial charge in [0.15, 0.2) is 5.82 Å². The van der Waals surface area contributed by atoms with Crippen molar-refractivity contribution in [2.45, 2.75) is 18.6 Å². The molecule has 0 unspecified atom stereocenters. The molecule has 0 spiro atoms. The number of nitrogens with zero attached hydrogens (tertiary/aromatic N) is 3. The highest BCUT2D eigenvalue weighted by molar-refractivity contribution is 7.91. The van der Waals surface area contributed by atoms with Crippen LogP contribution in [0.5, 0.6) is 0 Å². The van der Waals surface area contributed by atoms with Crippen LogP contribution in [0.3, 0.4) is 0 Å². The molecule has 7 heteroatoms. The zero-order chi connectivity index (χ0) is 19.4. The number of nitrogens with one attached hydrogen (secondary N) is 1. The van der Waals surface area contributed by atoms with E-state index >= 15 is 0 Å². The van der Waals surface area contributed by atoms with E-state index in [4.69, 9.17) is 0 Å². The standard InChI is InChI=1S/C21H22N4O2S/c26-28(27,16-17-7-2-1-3-8-17)24-19-10-6-9-18(15-19)20-11-12-21(23-22-20)25-13-4-5-14-25/h1-3,6-12,15,24H,4-5,13-14,16H2. The molecule has 6 nitrogen and oxygen atoms in total. The van der Waals surface area contributed by atoms with Gasteiger partial charge in [0.1, 0.15) is 0 Å². The Hall–Kier alpha value is -2.93. The van der Waals surface area contributed by atoms with Crippen LogP contribution >= 0.6 is 0 Å². The predicted molar refractivity (Wildman–Crippen MR) is 112 cm³/mol. The lowest BCUT2D eigenvalue weighted by molar-refractivity contribution is 0.600. The van der Waals surface area contributed by atoms with Crippen molar-refractivity contribution in [2.75, 3.05) is 22.7 Å². The second kappa shape index (κ2) is 7.98. The summed E-state index contributed by atoms with van der Waals surface area (Å²) in [6, 6.07) is 20.2. The summed E-state index contributed by atoms with van der Waals surface area (Å²) >= 11 is 0. The third-order valence-corrected chi connectivity index (χ3v) is 5.97. The lowest BCUT2D eigenvalue weighted by atomic mass is 10.1. The third-order valence-electron chi connectivity index (χ3n) is 4.71. The van der Waals surface area contributed by atoms with Crippen LogP contribution in [0, 0.1) is 0 Å². The second-order valence-corrected chi connectivity index (χ2v) is 8.62. The van der Waals surface area contributed by atoms with Crippen LogP contribution in [0.4, 0.5) is 11.5 Å². The van der Waals surface area contributed by atoms with Gasteiger partial charge in [-0.1, -0.05) is 42.5 Å². The zero-order valence-corrected chi connectivity index (χ0v) is 16.3. The monoisotopic (exact) mass is 394 g/mol. The molecule has 1 aromatic heterocycles. The number of sulfonamides is 1. The van der Waals surface area contributed by atoms with E-state index in [1.807, 2.05) is 42.5 Å². The Balaban J connectivity index is 1.49. The zero-order valence-electron chi connectivity index (χ0n) is 15.5. The Morgan fingerprint density at radius 2 is 1.68 bits per heavy atom. The summed E-state index contributed by atoms with van der Waals surface area (Å²) in [5.74, 6) is 0.823. The molecule has 1 saturated heterocycles. The number of aromatic nitrogens is 2. The fraction of sp³-hybridized carbons (Fsp3) is 0.238. The van der Waals surface area contributed by atoms with E-state index in [0.29, 0.717) is 11.4 Å². The largest absolute Gasteiger partial charge is 0.355 e. The fourth-order valence-electron chi connectivity index (χ4n) is 3.35. The molecule has 3 aromatic rings. The molecule has 2 aromatic carbocycles. The fourth-order valence-corrected chi connectivity index (χ4v) is 4.53. The summed E-state index contributed by atoms with van der Waals surface area (Å²) < 4.78 is 27.6. The van der Waals surface area contributed by atoms with Gasteiger partial charge in [0, 0.05) is 24.3 Å². The van der Waals surface area contributed by atoms with Gasteiger partial charge >= 0.3 is 0 Å². The van der Waals surface area contributed by atoms with E-state index in [-0.39, 0.29) is 5.75 Å². The molecule has 0 radical (unpaired) electrons. The maximum absolute atomic E-state index is 12.5. The Kier molecular flexibility index (Phi) is 5.25. The minimum absolute atomic E-state index is 0.0671. The number of anilines is 2. The highest BCUT2D eigenvalue weighted by Gasteiger charge is 2.15. The Morgan fingerprint density at radius 3 is 2.39 bits per heavy atom. The molecule has 0 aliphatic carbocycles. The predicted octanol–water partition coefficient (Wildman–Crippen LogP) is 3.69. The van der Waals surface area contributed by atoms with E-state index in [2.05, 4.69) is 19.8 Å². The highest BCUT2D eigenvalue weighted by Crippen LogP contribution is 2.24. The molecule has 4 rings (SSSR count). The molecule has 1 fully saturated rings. The number of rotatable bonds is 6. The molecule has 144 valence electrons. The van der Waals surface area contributed by atoms with Gasteiger partial charge in [-0.05, 0) is 42.7 Å². The summed E-state index contributed by atoms with van der Waals surface area (Å²) in [7, 11) is -3.50. The molecule has 1 aliphatic heterocycles. The van der Waals surface area contributed by atoms with E-state index in [0.717, 1.165) is 30.0 Å². The Morgan fingerprint density at radius 1 is 0.893 bits per heavy atom. The summed E-state index contributed by atoms with van der Waals surface area (Å²) in [6.07, 6.45) is 2.38. The summed E-state index contributed by atoms with van der Waals surface area (Å²) in [6.45, 7) is 2.04. The molecular weight excluding hydrogens is 372 g/mol. The number of benzene rings is 2. The molecule has 0 saturated carbocycles. The number of hydrogen-bond acceptors (Lipinski definition) is 5.